The SMILES string of the molecule is CC[C@H](C)NC(=O)[C@@H](C)N(Cc1ccc(OC)cc1)C(=O)CN(c1cc(OC)ccc1OC)S(=O)(=O)c1ccccc1. The number of rotatable bonds is 14. The van der Waals surface area contributed by atoms with Crippen molar-refractivity contribution in [2.24, 2.45) is 0 Å². The summed E-state index contributed by atoms with van der Waals surface area (Å²) in [7, 11) is 0.172. The molecule has 0 aliphatic heterocycles. The monoisotopic (exact) mass is 597 g/mol. The number of amides is 2. The first-order valence-corrected chi connectivity index (χ1v) is 15.0. The minimum absolute atomic E-state index is 0.00746. The van der Waals surface area contributed by atoms with E-state index in [1.807, 2.05) is 13.8 Å². The van der Waals surface area contributed by atoms with Crippen LogP contribution in [0.4, 0.5) is 5.69 Å². The van der Waals surface area contributed by atoms with Crippen molar-refractivity contribution >= 4 is 27.5 Å². The zero-order valence-corrected chi connectivity index (χ0v) is 25.7. The van der Waals surface area contributed by atoms with Crippen LogP contribution in [0.2, 0.25) is 0 Å². The molecule has 0 saturated carbocycles. The summed E-state index contributed by atoms with van der Waals surface area (Å²) in [6.07, 6.45) is 0.712. The zero-order chi connectivity index (χ0) is 30.9. The largest absolute Gasteiger partial charge is 0.497 e. The van der Waals surface area contributed by atoms with E-state index in [0.29, 0.717) is 17.9 Å². The first-order valence-electron chi connectivity index (χ1n) is 13.6. The Labute approximate surface area is 248 Å². The molecule has 0 unspecified atom stereocenters. The fraction of sp³-hybridized carbons (Fsp3) is 0.355. The molecule has 3 aromatic rings. The molecule has 0 radical (unpaired) electrons. The Bertz CT molecular complexity index is 1450. The lowest BCUT2D eigenvalue weighted by atomic mass is 10.1. The smallest absolute Gasteiger partial charge is 0.264 e. The lowest BCUT2D eigenvalue weighted by molar-refractivity contribution is -0.139. The second-order valence-corrected chi connectivity index (χ2v) is 11.6. The van der Waals surface area contributed by atoms with E-state index < -0.39 is 28.5 Å². The van der Waals surface area contributed by atoms with Crippen molar-refractivity contribution in [3.8, 4) is 17.2 Å². The van der Waals surface area contributed by atoms with Crippen LogP contribution < -0.4 is 23.8 Å². The van der Waals surface area contributed by atoms with Gasteiger partial charge in [0.2, 0.25) is 11.8 Å². The van der Waals surface area contributed by atoms with Gasteiger partial charge in [-0.1, -0.05) is 37.3 Å². The molecule has 0 aliphatic carbocycles. The Morgan fingerprint density at radius 2 is 1.48 bits per heavy atom. The number of ether oxygens (including phenoxy) is 3. The van der Waals surface area contributed by atoms with Gasteiger partial charge in [0.05, 0.1) is 31.9 Å². The molecule has 3 aromatic carbocycles. The number of carbonyl (C=O) groups is 2. The Kier molecular flexibility index (Phi) is 11.2. The van der Waals surface area contributed by atoms with Crippen molar-refractivity contribution in [3.63, 3.8) is 0 Å². The second-order valence-electron chi connectivity index (χ2n) is 9.73. The Hall–Kier alpha value is -4.25. The van der Waals surface area contributed by atoms with E-state index in [4.69, 9.17) is 14.2 Å². The van der Waals surface area contributed by atoms with Crippen LogP contribution in [0.15, 0.2) is 77.7 Å². The third-order valence-electron chi connectivity index (χ3n) is 6.95. The minimum atomic E-state index is -4.26. The van der Waals surface area contributed by atoms with Crippen LogP contribution >= 0.6 is 0 Å². The molecule has 0 heterocycles. The summed E-state index contributed by atoms with van der Waals surface area (Å²) in [5, 5.41) is 2.92. The number of hydrogen-bond acceptors (Lipinski definition) is 7. The number of nitrogens with one attached hydrogen (secondary N) is 1. The molecule has 11 heteroatoms. The van der Waals surface area contributed by atoms with Gasteiger partial charge in [0.25, 0.3) is 10.0 Å². The summed E-state index contributed by atoms with van der Waals surface area (Å²) in [5.41, 5.74) is 0.860. The average molecular weight is 598 g/mol. The summed E-state index contributed by atoms with van der Waals surface area (Å²) in [5.74, 6) is 0.323. The molecule has 0 bridgehead atoms. The van der Waals surface area contributed by atoms with Crippen LogP contribution in [0.1, 0.15) is 32.8 Å². The highest BCUT2D eigenvalue weighted by atomic mass is 32.2. The number of hydrogen-bond donors (Lipinski definition) is 1. The lowest BCUT2D eigenvalue weighted by Crippen LogP contribution is -2.52. The summed E-state index contributed by atoms with van der Waals surface area (Å²) in [4.78, 5) is 28.7. The van der Waals surface area contributed by atoms with E-state index in [1.165, 1.54) is 37.3 Å². The van der Waals surface area contributed by atoms with Crippen molar-refractivity contribution in [2.75, 3.05) is 32.2 Å². The van der Waals surface area contributed by atoms with Gasteiger partial charge in [0, 0.05) is 18.7 Å². The van der Waals surface area contributed by atoms with E-state index >= 15 is 0 Å². The molecule has 3 rings (SSSR count). The molecule has 0 spiro atoms. The van der Waals surface area contributed by atoms with Gasteiger partial charge in [-0.3, -0.25) is 13.9 Å². The number of benzene rings is 3. The molecule has 0 fully saturated rings. The molecule has 2 amide bonds. The fourth-order valence-corrected chi connectivity index (χ4v) is 5.64. The highest BCUT2D eigenvalue weighted by Gasteiger charge is 2.34. The van der Waals surface area contributed by atoms with Gasteiger partial charge in [-0.15, -0.1) is 0 Å². The number of nitrogens with zero attached hydrogens (tertiary/aromatic N) is 2. The Morgan fingerprint density at radius 3 is 2.05 bits per heavy atom. The van der Waals surface area contributed by atoms with Crippen molar-refractivity contribution in [1.82, 2.24) is 10.2 Å². The Morgan fingerprint density at radius 1 is 0.857 bits per heavy atom. The maximum Gasteiger partial charge on any atom is 0.264 e. The summed E-state index contributed by atoms with van der Waals surface area (Å²) >= 11 is 0. The normalized spacial score (nSPS) is 12.5. The van der Waals surface area contributed by atoms with Crippen LogP contribution in [0.5, 0.6) is 17.2 Å². The van der Waals surface area contributed by atoms with Crippen LogP contribution in [-0.2, 0) is 26.2 Å². The highest BCUT2D eigenvalue weighted by Crippen LogP contribution is 2.36. The molecule has 1 N–H and O–H groups in total. The van der Waals surface area contributed by atoms with E-state index in [9.17, 15) is 18.0 Å². The topological polar surface area (TPSA) is 114 Å². The summed E-state index contributed by atoms with van der Waals surface area (Å²) in [6.45, 7) is 4.92. The zero-order valence-electron chi connectivity index (χ0n) is 24.9. The van der Waals surface area contributed by atoms with Gasteiger partial charge >= 0.3 is 0 Å². The Balaban J connectivity index is 2.09. The number of carbonyl (C=O) groups excluding carboxylic acids is 2. The van der Waals surface area contributed by atoms with Gasteiger partial charge in [-0.05, 0) is 62.2 Å². The van der Waals surface area contributed by atoms with Crippen molar-refractivity contribution in [1.29, 1.82) is 0 Å². The van der Waals surface area contributed by atoms with Crippen molar-refractivity contribution in [2.45, 2.75) is 50.7 Å². The van der Waals surface area contributed by atoms with Crippen LogP contribution in [0.25, 0.3) is 0 Å². The van der Waals surface area contributed by atoms with Crippen LogP contribution in [-0.4, -0.2) is 65.1 Å². The molecule has 0 aromatic heterocycles. The molecular formula is C31H39N3O7S. The van der Waals surface area contributed by atoms with E-state index in [0.717, 1.165) is 9.87 Å². The molecular weight excluding hydrogens is 558 g/mol. The number of methoxy groups -OCH3 is 3. The molecule has 10 nitrogen and oxygen atoms in total. The minimum Gasteiger partial charge on any atom is -0.497 e. The maximum atomic E-state index is 14.1. The second kappa shape index (κ2) is 14.6. The summed E-state index contributed by atoms with van der Waals surface area (Å²) in [6, 6.07) is 18.6. The van der Waals surface area contributed by atoms with Gasteiger partial charge in [0.1, 0.15) is 29.8 Å². The molecule has 226 valence electrons. The van der Waals surface area contributed by atoms with Crippen LogP contribution in [0, 0.1) is 0 Å². The summed E-state index contributed by atoms with van der Waals surface area (Å²) < 4.78 is 45.2. The predicted octanol–water partition coefficient (Wildman–Crippen LogP) is 4.24. The van der Waals surface area contributed by atoms with Crippen molar-refractivity contribution in [3.05, 3.63) is 78.4 Å². The van der Waals surface area contributed by atoms with Crippen molar-refractivity contribution < 1.29 is 32.2 Å². The molecule has 0 aliphatic rings. The lowest BCUT2D eigenvalue weighted by Gasteiger charge is -2.33. The molecule has 2 atom stereocenters. The number of anilines is 1. The van der Waals surface area contributed by atoms with E-state index in [2.05, 4.69) is 5.32 Å². The fourth-order valence-electron chi connectivity index (χ4n) is 4.20. The molecule has 42 heavy (non-hydrogen) atoms. The van der Waals surface area contributed by atoms with E-state index in [-0.39, 0.29) is 34.8 Å². The van der Waals surface area contributed by atoms with Gasteiger partial charge in [0.15, 0.2) is 0 Å². The third kappa shape index (κ3) is 7.73. The first kappa shape index (κ1) is 32.3. The van der Waals surface area contributed by atoms with Gasteiger partial charge < -0.3 is 24.4 Å². The van der Waals surface area contributed by atoms with E-state index in [1.54, 1.807) is 68.6 Å². The standard InChI is InChI=1S/C31H39N3O7S/c1-7-22(2)32-31(36)23(3)33(20-24-13-15-25(39-4)16-14-24)30(35)21-34(42(37,38)27-11-9-8-10-12-27)28-19-26(40-5)17-18-29(28)41-6/h8-19,22-23H,7,20-21H2,1-6H3,(H,32,36)/t22-,23+/m0/s1. The average Bonchev–Trinajstić information content (AvgIpc) is 3.02. The highest BCUT2D eigenvalue weighted by molar-refractivity contribution is 7.92. The van der Waals surface area contributed by atoms with Crippen LogP contribution in [0.3, 0.4) is 0 Å². The van der Waals surface area contributed by atoms with Gasteiger partial charge in [-0.2, -0.15) is 0 Å². The number of sulfonamides is 1. The predicted molar refractivity (Wildman–Crippen MR) is 161 cm³/mol. The molecule has 0 saturated heterocycles. The quantitative estimate of drug-likeness (QED) is 0.296. The van der Waals surface area contributed by atoms with Gasteiger partial charge in [-0.25, -0.2) is 8.42 Å². The maximum absolute atomic E-state index is 14.1. The first-order chi connectivity index (χ1) is 20.0. The third-order valence-corrected chi connectivity index (χ3v) is 8.72.